The van der Waals surface area contributed by atoms with Crippen molar-refractivity contribution in [1.29, 1.82) is 0 Å². The van der Waals surface area contributed by atoms with E-state index in [1.807, 2.05) is 50.0 Å². The van der Waals surface area contributed by atoms with Crippen molar-refractivity contribution < 1.29 is 4.79 Å². The average Bonchev–Trinajstić information content (AvgIpc) is 2.88. The van der Waals surface area contributed by atoms with E-state index in [-0.39, 0.29) is 11.9 Å². The van der Waals surface area contributed by atoms with Crippen molar-refractivity contribution in [2.24, 2.45) is 0 Å². The molecule has 0 aliphatic rings. The van der Waals surface area contributed by atoms with Crippen molar-refractivity contribution in [3.05, 3.63) is 46.2 Å². The fraction of sp³-hybridized carbons (Fsp3) is 0.375. The lowest BCUT2D eigenvalue weighted by Crippen LogP contribution is -2.27. The zero-order chi connectivity index (χ0) is 16.3. The van der Waals surface area contributed by atoms with Crippen molar-refractivity contribution in [3.63, 3.8) is 0 Å². The number of nitrogens with zero attached hydrogens (tertiary/aromatic N) is 2. The van der Waals surface area contributed by atoms with E-state index in [9.17, 15) is 4.79 Å². The van der Waals surface area contributed by atoms with Gasteiger partial charge in [0.1, 0.15) is 0 Å². The number of nitrogens with one attached hydrogen (secondary N) is 1. The van der Waals surface area contributed by atoms with Gasteiger partial charge in [-0.2, -0.15) is 5.10 Å². The first-order valence-corrected chi connectivity index (χ1v) is 8.74. The molecule has 1 N–H and O–H groups in total. The topological polar surface area (TPSA) is 46.9 Å². The molecule has 1 aromatic heterocycles. The average molecular weight is 338 g/mol. The normalized spacial score (nSPS) is 12.2. The molecule has 2 aromatic rings. The minimum Gasteiger partial charge on any atom is -0.345 e. The van der Waals surface area contributed by atoms with Crippen LogP contribution in [0.4, 0.5) is 0 Å². The maximum absolute atomic E-state index is 12.5. The van der Waals surface area contributed by atoms with Gasteiger partial charge in [0, 0.05) is 23.2 Å². The van der Waals surface area contributed by atoms with Crippen molar-refractivity contribution in [2.75, 3.05) is 6.26 Å². The number of amides is 1. The van der Waals surface area contributed by atoms with Gasteiger partial charge >= 0.3 is 0 Å². The molecule has 6 heteroatoms. The van der Waals surface area contributed by atoms with Gasteiger partial charge in [0.15, 0.2) is 0 Å². The maximum atomic E-state index is 12.5. The summed E-state index contributed by atoms with van der Waals surface area (Å²) in [7, 11) is 0. The minimum atomic E-state index is -0.169. The molecule has 0 radical (unpaired) electrons. The summed E-state index contributed by atoms with van der Waals surface area (Å²) >= 11 is 7.73. The van der Waals surface area contributed by atoms with Crippen molar-refractivity contribution in [2.45, 2.75) is 38.3 Å². The first kappa shape index (κ1) is 16.9. The maximum Gasteiger partial charge on any atom is 0.253 e. The number of hydrogen-bond acceptors (Lipinski definition) is 3. The molecule has 1 heterocycles. The summed E-state index contributed by atoms with van der Waals surface area (Å²) in [6.45, 7) is 6.75. The Kier molecular flexibility index (Phi) is 5.53. The second-order valence-corrected chi connectivity index (χ2v) is 6.35. The summed E-state index contributed by atoms with van der Waals surface area (Å²) < 4.78 is 1.87. The Morgan fingerprint density at radius 1 is 1.50 bits per heavy atom. The van der Waals surface area contributed by atoms with Crippen LogP contribution in [0.25, 0.3) is 0 Å². The zero-order valence-corrected chi connectivity index (χ0v) is 14.8. The lowest BCUT2D eigenvalue weighted by atomic mass is 10.1. The lowest BCUT2D eigenvalue weighted by molar-refractivity contribution is 0.0939. The molecule has 0 bridgehead atoms. The van der Waals surface area contributed by atoms with E-state index in [2.05, 4.69) is 10.4 Å². The van der Waals surface area contributed by atoms with Gasteiger partial charge in [0.25, 0.3) is 5.91 Å². The number of carbonyl (C=O) groups is 1. The molecule has 22 heavy (non-hydrogen) atoms. The summed E-state index contributed by atoms with van der Waals surface area (Å²) in [5.41, 5.74) is 2.45. The second kappa shape index (κ2) is 7.20. The third-order valence-electron chi connectivity index (χ3n) is 3.54. The van der Waals surface area contributed by atoms with Gasteiger partial charge in [-0.25, -0.2) is 0 Å². The Labute approximate surface area is 140 Å². The van der Waals surface area contributed by atoms with Crippen LogP contribution in [0.5, 0.6) is 0 Å². The summed E-state index contributed by atoms with van der Waals surface area (Å²) in [6.07, 6.45) is 3.94. The molecule has 0 aliphatic carbocycles. The largest absolute Gasteiger partial charge is 0.345 e. The van der Waals surface area contributed by atoms with Crippen LogP contribution in [0.3, 0.4) is 0 Å². The van der Waals surface area contributed by atoms with Crippen LogP contribution in [0.1, 0.15) is 41.5 Å². The molecule has 4 nitrogen and oxygen atoms in total. The second-order valence-electron chi connectivity index (χ2n) is 5.07. The molecular formula is C16H20ClN3OS. The number of hydrogen-bond donors (Lipinski definition) is 1. The summed E-state index contributed by atoms with van der Waals surface area (Å²) in [5.74, 6) is -0.169. The zero-order valence-electron chi connectivity index (χ0n) is 13.2. The van der Waals surface area contributed by atoms with Gasteiger partial charge in [-0.3, -0.25) is 9.48 Å². The van der Waals surface area contributed by atoms with Gasteiger partial charge in [0.2, 0.25) is 0 Å². The molecule has 0 spiro atoms. The molecule has 1 unspecified atom stereocenters. The smallest absolute Gasteiger partial charge is 0.253 e. The number of benzene rings is 1. The Hall–Kier alpha value is -1.46. The van der Waals surface area contributed by atoms with Gasteiger partial charge in [-0.15, -0.1) is 11.8 Å². The van der Waals surface area contributed by atoms with Gasteiger partial charge in [-0.1, -0.05) is 11.6 Å². The van der Waals surface area contributed by atoms with Crippen molar-refractivity contribution >= 4 is 29.3 Å². The first-order chi connectivity index (χ1) is 10.5. The molecule has 1 amide bonds. The minimum absolute atomic E-state index is 0.123. The van der Waals surface area contributed by atoms with E-state index in [1.54, 1.807) is 17.8 Å². The number of halogens is 1. The molecule has 0 saturated carbocycles. The van der Waals surface area contributed by atoms with E-state index >= 15 is 0 Å². The fourth-order valence-corrected chi connectivity index (χ4v) is 2.92. The monoisotopic (exact) mass is 337 g/mol. The molecule has 0 aliphatic heterocycles. The third kappa shape index (κ3) is 3.65. The molecular weight excluding hydrogens is 318 g/mol. The Morgan fingerprint density at radius 3 is 2.82 bits per heavy atom. The fourth-order valence-electron chi connectivity index (χ4n) is 2.28. The van der Waals surface area contributed by atoms with E-state index in [1.165, 1.54) is 0 Å². The molecule has 2 rings (SSSR count). The predicted molar refractivity (Wildman–Crippen MR) is 91.8 cm³/mol. The molecule has 1 atom stereocenters. The van der Waals surface area contributed by atoms with Crippen molar-refractivity contribution in [3.8, 4) is 0 Å². The van der Waals surface area contributed by atoms with Crippen LogP contribution in [0, 0.1) is 6.92 Å². The quantitative estimate of drug-likeness (QED) is 0.836. The number of aromatic nitrogens is 2. The number of rotatable bonds is 5. The van der Waals surface area contributed by atoms with Gasteiger partial charge < -0.3 is 5.32 Å². The summed E-state index contributed by atoms with van der Waals surface area (Å²) in [4.78, 5) is 13.5. The van der Waals surface area contributed by atoms with Crippen LogP contribution in [-0.2, 0) is 6.54 Å². The molecule has 118 valence electrons. The first-order valence-electron chi connectivity index (χ1n) is 7.14. The highest BCUT2D eigenvalue weighted by Crippen LogP contribution is 2.24. The van der Waals surface area contributed by atoms with Crippen LogP contribution in [0.15, 0.2) is 29.3 Å². The number of aryl methyl sites for hydroxylation is 2. The highest BCUT2D eigenvalue weighted by atomic mass is 35.5. The van der Waals surface area contributed by atoms with Gasteiger partial charge in [-0.05, 0) is 45.2 Å². The Bertz CT molecular complexity index is 684. The predicted octanol–water partition coefficient (Wildman–Crippen LogP) is 4.08. The Morgan fingerprint density at radius 2 is 2.23 bits per heavy atom. The van der Waals surface area contributed by atoms with E-state index in [0.717, 1.165) is 22.7 Å². The summed E-state index contributed by atoms with van der Waals surface area (Å²) in [5, 5.41) is 7.87. The van der Waals surface area contributed by atoms with Gasteiger partial charge in [0.05, 0.1) is 22.3 Å². The molecule has 0 saturated heterocycles. The number of thioether (sulfide) groups is 1. The molecule has 0 fully saturated rings. The molecule has 1 aromatic carbocycles. The standard InChI is InChI=1S/C16H20ClN3OS/c1-5-20-9-14(11(3)19-20)10(2)18-16(21)13-8-12(22-4)6-7-15(13)17/h6-10H,5H2,1-4H3,(H,18,21). The van der Waals surface area contributed by atoms with E-state index in [4.69, 9.17) is 11.6 Å². The van der Waals surface area contributed by atoms with Crippen LogP contribution < -0.4 is 5.32 Å². The van der Waals surface area contributed by atoms with E-state index < -0.39 is 0 Å². The third-order valence-corrected chi connectivity index (χ3v) is 4.60. The highest BCUT2D eigenvalue weighted by Gasteiger charge is 2.17. The van der Waals surface area contributed by atoms with Crippen LogP contribution >= 0.6 is 23.4 Å². The van der Waals surface area contributed by atoms with Crippen LogP contribution in [0.2, 0.25) is 5.02 Å². The van der Waals surface area contributed by atoms with E-state index in [0.29, 0.717) is 10.6 Å². The van der Waals surface area contributed by atoms with Crippen LogP contribution in [-0.4, -0.2) is 21.9 Å². The summed E-state index contributed by atoms with van der Waals surface area (Å²) in [6, 6.07) is 5.36. The number of carbonyl (C=O) groups excluding carboxylic acids is 1. The van der Waals surface area contributed by atoms with Crippen molar-refractivity contribution in [1.82, 2.24) is 15.1 Å². The SMILES string of the molecule is CCn1cc(C(C)NC(=O)c2cc(SC)ccc2Cl)c(C)n1. The lowest BCUT2D eigenvalue weighted by Gasteiger charge is -2.14. The Balaban J connectivity index is 2.19. The highest BCUT2D eigenvalue weighted by molar-refractivity contribution is 7.98.